The van der Waals surface area contributed by atoms with Crippen LogP contribution in [0, 0.1) is 0 Å². The molecule has 0 aliphatic carbocycles. The van der Waals surface area contributed by atoms with Crippen molar-refractivity contribution in [2.24, 2.45) is 0 Å². The summed E-state index contributed by atoms with van der Waals surface area (Å²) in [5.74, 6) is 0. The third-order valence-electron chi connectivity index (χ3n) is 3.96. The van der Waals surface area contributed by atoms with Crippen molar-refractivity contribution >= 4 is 0 Å². The van der Waals surface area contributed by atoms with Gasteiger partial charge in [-0.15, -0.1) is 0 Å². The predicted molar refractivity (Wildman–Crippen MR) is 79.2 cm³/mol. The Bertz CT molecular complexity index is 400. The van der Waals surface area contributed by atoms with Crippen LogP contribution in [0.15, 0.2) is 24.3 Å². The molecule has 19 heavy (non-hydrogen) atoms. The predicted octanol–water partition coefficient (Wildman–Crippen LogP) is 2.22. The van der Waals surface area contributed by atoms with Gasteiger partial charge in [0.05, 0.1) is 0 Å². The minimum Gasteiger partial charge on any atom is -0.374 e. The number of nitrogens with zero attached hydrogens (tertiary/aromatic N) is 2. The summed E-state index contributed by atoms with van der Waals surface area (Å²) in [5.41, 5.74) is 2.47. The van der Waals surface area contributed by atoms with E-state index >= 15 is 0 Å². The summed E-state index contributed by atoms with van der Waals surface area (Å²) in [5, 5.41) is 10.4. The monoisotopic (exact) mass is 262 g/mol. The minimum atomic E-state index is -0.470. The molecule has 1 unspecified atom stereocenters. The first-order valence-corrected chi connectivity index (χ1v) is 7.09. The molecule has 106 valence electrons. The summed E-state index contributed by atoms with van der Waals surface area (Å²) in [6.07, 6.45) is -0.470. The summed E-state index contributed by atoms with van der Waals surface area (Å²) in [4.78, 5) is 4.44. The molecule has 3 nitrogen and oxygen atoms in total. The highest BCUT2D eigenvalue weighted by Gasteiger charge is 2.22. The fraction of sp³-hybridized carbons (Fsp3) is 0.625. The maximum Gasteiger partial charge on any atom is 0.133 e. The zero-order valence-electron chi connectivity index (χ0n) is 12.6. The van der Waals surface area contributed by atoms with E-state index in [1.54, 1.807) is 0 Å². The molecule has 1 heterocycles. The lowest BCUT2D eigenvalue weighted by Gasteiger charge is -2.35. The van der Waals surface area contributed by atoms with Crippen molar-refractivity contribution in [3.05, 3.63) is 35.4 Å². The summed E-state index contributed by atoms with van der Waals surface area (Å²) >= 11 is 0. The van der Waals surface area contributed by atoms with Crippen molar-refractivity contribution in [1.82, 2.24) is 9.80 Å². The highest BCUT2D eigenvalue weighted by Crippen LogP contribution is 2.25. The summed E-state index contributed by atoms with van der Waals surface area (Å²) in [6.45, 7) is 10.5. The average Bonchev–Trinajstić information content (AvgIpc) is 2.38. The highest BCUT2D eigenvalue weighted by atomic mass is 16.3. The molecule has 0 bridgehead atoms. The topological polar surface area (TPSA) is 26.7 Å². The molecule has 0 radical (unpaired) electrons. The van der Waals surface area contributed by atoms with E-state index in [9.17, 15) is 5.11 Å². The molecule has 0 spiro atoms. The van der Waals surface area contributed by atoms with Crippen LogP contribution in [0.25, 0.3) is 0 Å². The normalized spacial score (nSPS) is 20.5. The lowest BCUT2D eigenvalue weighted by Crippen LogP contribution is -2.45. The van der Waals surface area contributed by atoms with Gasteiger partial charge in [0.2, 0.25) is 0 Å². The first kappa shape index (κ1) is 14.5. The van der Waals surface area contributed by atoms with Gasteiger partial charge in [0.15, 0.2) is 0 Å². The third-order valence-corrected chi connectivity index (χ3v) is 3.96. The number of hydrogen-bond donors (Lipinski definition) is 1. The quantitative estimate of drug-likeness (QED) is 0.885. The van der Waals surface area contributed by atoms with Crippen LogP contribution in [0.2, 0.25) is 0 Å². The number of rotatable bonds is 2. The molecule has 1 aliphatic rings. The minimum absolute atomic E-state index is 0.164. The van der Waals surface area contributed by atoms with E-state index in [2.05, 4.69) is 61.9 Å². The molecule has 2 rings (SSSR count). The Morgan fingerprint density at radius 2 is 1.53 bits per heavy atom. The Morgan fingerprint density at radius 3 is 2.00 bits per heavy atom. The molecule has 1 fully saturated rings. The van der Waals surface area contributed by atoms with Crippen molar-refractivity contribution in [2.75, 3.05) is 33.2 Å². The Kier molecular flexibility index (Phi) is 4.29. The summed E-state index contributed by atoms with van der Waals surface area (Å²) in [7, 11) is 2.13. The van der Waals surface area contributed by atoms with Gasteiger partial charge in [-0.2, -0.15) is 0 Å². The number of piperazine rings is 1. The van der Waals surface area contributed by atoms with Crippen LogP contribution in [-0.2, 0) is 5.41 Å². The van der Waals surface area contributed by atoms with Gasteiger partial charge >= 0.3 is 0 Å². The van der Waals surface area contributed by atoms with Crippen LogP contribution >= 0.6 is 0 Å². The molecule has 0 aromatic heterocycles. The van der Waals surface area contributed by atoms with E-state index < -0.39 is 6.23 Å². The van der Waals surface area contributed by atoms with Gasteiger partial charge in [-0.25, -0.2) is 0 Å². The zero-order chi connectivity index (χ0) is 14.0. The lowest BCUT2D eigenvalue weighted by atomic mass is 9.86. The largest absolute Gasteiger partial charge is 0.374 e. The second-order valence-electron chi connectivity index (χ2n) is 6.58. The van der Waals surface area contributed by atoms with Crippen LogP contribution in [0.4, 0.5) is 0 Å². The van der Waals surface area contributed by atoms with Crippen LogP contribution < -0.4 is 0 Å². The van der Waals surface area contributed by atoms with Crippen LogP contribution in [0.5, 0.6) is 0 Å². The number of aliphatic hydroxyl groups is 1. The number of benzene rings is 1. The van der Waals surface area contributed by atoms with Crippen LogP contribution in [0.3, 0.4) is 0 Å². The maximum absolute atomic E-state index is 10.4. The van der Waals surface area contributed by atoms with E-state index in [0.29, 0.717) is 0 Å². The average molecular weight is 262 g/mol. The van der Waals surface area contributed by atoms with Gasteiger partial charge in [-0.3, -0.25) is 4.90 Å². The van der Waals surface area contributed by atoms with E-state index in [0.717, 1.165) is 31.7 Å². The third kappa shape index (κ3) is 3.56. The van der Waals surface area contributed by atoms with Gasteiger partial charge in [0.25, 0.3) is 0 Å². The molecular weight excluding hydrogens is 236 g/mol. The van der Waals surface area contributed by atoms with Gasteiger partial charge in [0.1, 0.15) is 6.23 Å². The Morgan fingerprint density at radius 1 is 1.00 bits per heavy atom. The Balaban J connectivity index is 2.05. The van der Waals surface area contributed by atoms with E-state index in [-0.39, 0.29) is 5.41 Å². The van der Waals surface area contributed by atoms with Crippen LogP contribution in [-0.4, -0.2) is 48.1 Å². The second-order valence-corrected chi connectivity index (χ2v) is 6.58. The second kappa shape index (κ2) is 5.61. The first-order chi connectivity index (χ1) is 8.88. The van der Waals surface area contributed by atoms with Crippen molar-refractivity contribution in [3.63, 3.8) is 0 Å². The maximum atomic E-state index is 10.4. The fourth-order valence-corrected chi connectivity index (χ4v) is 2.43. The van der Waals surface area contributed by atoms with Crippen molar-refractivity contribution in [2.45, 2.75) is 32.4 Å². The molecule has 1 atom stereocenters. The Labute approximate surface area is 116 Å². The highest BCUT2D eigenvalue weighted by molar-refractivity contribution is 5.28. The first-order valence-electron chi connectivity index (χ1n) is 7.09. The standard InChI is InChI=1S/C16H26N2O/c1-16(2,3)14-7-5-13(6-8-14)15(19)18-11-9-17(4)10-12-18/h5-8,15,19H,9-12H2,1-4H3. The van der Waals surface area contributed by atoms with Gasteiger partial charge in [-0.1, -0.05) is 45.0 Å². The molecule has 1 N–H and O–H groups in total. The van der Waals surface area contributed by atoms with Gasteiger partial charge < -0.3 is 10.0 Å². The number of hydrogen-bond acceptors (Lipinski definition) is 3. The molecule has 0 amide bonds. The van der Waals surface area contributed by atoms with E-state index in [1.165, 1.54) is 5.56 Å². The van der Waals surface area contributed by atoms with Gasteiger partial charge in [-0.05, 0) is 23.6 Å². The molecule has 1 saturated heterocycles. The molecule has 1 aliphatic heterocycles. The van der Waals surface area contributed by atoms with Crippen molar-refractivity contribution < 1.29 is 5.11 Å². The van der Waals surface area contributed by atoms with Crippen molar-refractivity contribution in [3.8, 4) is 0 Å². The van der Waals surface area contributed by atoms with E-state index in [4.69, 9.17) is 0 Å². The molecule has 0 saturated carbocycles. The van der Waals surface area contributed by atoms with E-state index in [1.807, 2.05) is 0 Å². The fourth-order valence-electron chi connectivity index (χ4n) is 2.43. The summed E-state index contributed by atoms with van der Waals surface area (Å²) < 4.78 is 0. The molecule has 3 heteroatoms. The summed E-state index contributed by atoms with van der Waals surface area (Å²) in [6, 6.07) is 8.39. The van der Waals surface area contributed by atoms with Crippen LogP contribution in [0.1, 0.15) is 38.1 Å². The SMILES string of the molecule is CN1CCN(C(O)c2ccc(C(C)(C)C)cc2)CC1. The number of likely N-dealkylation sites (N-methyl/N-ethyl adjacent to an activating group) is 1. The number of aliphatic hydroxyl groups excluding tert-OH is 1. The lowest BCUT2D eigenvalue weighted by molar-refractivity contribution is -0.0232. The zero-order valence-corrected chi connectivity index (χ0v) is 12.6. The smallest absolute Gasteiger partial charge is 0.133 e. The Hall–Kier alpha value is -0.900. The van der Waals surface area contributed by atoms with Gasteiger partial charge in [0, 0.05) is 26.2 Å². The van der Waals surface area contributed by atoms with Crippen molar-refractivity contribution in [1.29, 1.82) is 0 Å². The molecule has 1 aromatic carbocycles. The molecule has 1 aromatic rings. The molecular formula is C16H26N2O.